The second-order valence-corrected chi connectivity index (χ2v) is 7.56. The van der Waals surface area contributed by atoms with Crippen LogP contribution in [0.15, 0.2) is 23.1 Å². The van der Waals surface area contributed by atoms with Gasteiger partial charge in [-0.2, -0.15) is 8.78 Å². The van der Waals surface area contributed by atoms with Crippen LogP contribution in [0, 0.1) is 0 Å². The summed E-state index contributed by atoms with van der Waals surface area (Å²) in [6.45, 7) is 4.78. The van der Waals surface area contributed by atoms with Gasteiger partial charge in [0.05, 0.1) is 12.6 Å². The molecule has 0 radical (unpaired) electrons. The fourth-order valence-corrected chi connectivity index (χ4v) is 3.76. The lowest BCUT2D eigenvalue weighted by Gasteiger charge is -2.47. The summed E-state index contributed by atoms with van der Waals surface area (Å²) in [7, 11) is 0. The number of carbonyl (C=O) groups excluding carboxylic acids is 1. The second kappa shape index (κ2) is 6.50. The first-order valence-corrected chi connectivity index (χ1v) is 8.62. The normalized spacial score (nSPS) is 26.7. The van der Waals surface area contributed by atoms with Crippen molar-refractivity contribution in [3.63, 3.8) is 0 Å². The molecule has 5 nitrogen and oxygen atoms in total. The van der Waals surface area contributed by atoms with E-state index in [9.17, 15) is 18.7 Å². The van der Waals surface area contributed by atoms with E-state index >= 15 is 0 Å². The zero-order valence-electron chi connectivity index (χ0n) is 13.5. The van der Waals surface area contributed by atoms with Crippen LogP contribution in [-0.4, -0.2) is 53.0 Å². The highest BCUT2D eigenvalue weighted by molar-refractivity contribution is 7.99. The molecule has 1 saturated heterocycles. The number of aliphatic hydroxyl groups is 1. The Morgan fingerprint density at radius 3 is 2.88 bits per heavy atom. The third-order valence-electron chi connectivity index (χ3n) is 4.37. The minimum absolute atomic E-state index is 0.114. The van der Waals surface area contributed by atoms with Crippen LogP contribution in [0.3, 0.4) is 0 Å². The molecule has 1 amide bonds. The van der Waals surface area contributed by atoms with Crippen LogP contribution < -0.4 is 10.1 Å². The summed E-state index contributed by atoms with van der Waals surface area (Å²) in [5.74, 6) is -2.08. The highest BCUT2D eigenvalue weighted by Crippen LogP contribution is 2.44. The maximum Gasteiger partial charge on any atom is 0.288 e. The molecule has 3 rings (SSSR count). The van der Waals surface area contributed by atoms with Crippen LogP contribution in [0.4, 0.5) is 8.78 Å². The van der Waals surface area contributed by atoms with E-state index in [1.165, 1.54) is 0 Å². The van der Waals surface area contributed by atoms with Gasteiger partial charge in [-0.25, -0.2) is 0 Å². The molecule has 0 aromatic heterocycles. The van der Waals surface area contributed by atoms with Gasteiger partial charge in [-0.15, -0.1) is 0 Å². The predicted molar refractivity (Wildman–Crippen MR) is 86.3 cm³/mol. The monoisotopic (exact) mass is 358 g/mol. The zero-order chi connectivity index (χ0) is 17.5. The minimum Gasteiger partial charge on any atom is -0.485 e. The SMILES string of the molecule is CC1(C)Oc2ccc(SC(F)F)cc2[C@H](N2CCNC(=O)C2)[C@H]1O. The summed E-state index contributed by atoms with van der Waals surface area (Å²) in [4.78, 5) is 14.0. The number of hydrogen-bond acceptors (Lipinski definition) is 5. The van der Waals surface area contributed by atoms with Crippen molar-refractivity contribution in [3.05, 3.63) is 23.8 Å². The Kier molecular flexibility index (Phi) is 4.72. The number of ether oxygens (including phenoxy) is 1. The Balaban J connectivity index is 2.01. The van der Waals surface area contributed by atoms with Gasteiger partial charge in [-0.05, 0) is 32.0 Å². The number of carbonyl (C=O) groups is 1. The van der Waals surface area contributed by atoms with Crippen LogP contribution in [0.5, 0.6) is 5.75 Å². The molecule has 1 aromatic rings. The first kappa shape index (κ1) is 17.4. The maximum absolute atomic E-state index is 12.7. The molecule has 132 valence electrons. The number of aliphatic hydroxyl groups excluding tert-OH is 1. The molecule has 2 N–H and O–H groups in total. The molecule has 0 aliphatic carbocycles. The topological polar surface area (TPSA) is 61.8 Å². The predicted octanol–water partition coefficient (Wildman–Crippen LogP) is 2.01. The van der Waals surface area contributed by atoms with Gasteiger partial charge >= 0.3 is 0 Å². The lowest BCUT2D eigenvalue weighted by Crippen LogP contribution is -2.57. The Morgan fingerprint density at radius 1 is 1.46 bits per heavy atom. The van der Waals surface area contributed by atoms with E-state index in [2.05, 4.69) is 5.32 Å². The van der Waals surface area contributed by atoms with Crippen LogP contribution in [0.1, 0.15) is 25.5 Å². The van der Waals surface area contributed by atoms with Gasteiger partial charge in [0.2, 0.25) is 5.91 Å². The van der Waals surface area contributed by atoms with Crippen molar-refractivity contribution in [3.8, 4) is 5.75 Å². The molecule has 2 aliphatic rings. The summed E-state index contributed by atoms with van der Waals surface area (Å²) in [6.07, 6.45) is -0.886. The third kappa shape index (κ3) is 3.36. The third-order valence-corrected chi connectivity index (χ3v) is 5.07. The summed E-state index contributed by atoms with van der Waals surface area (Å²) in [5, 5.41) is 13.6. The van der Waals surface area contributed by atoms with Crippen molar-refractivity contribution in [2.45, 2.75) is 42.2 Å². The first-order valence-electron chi connectivity index (χ1n) is 7.74. The number of piperazine rings is 1. The van der Waals surface area contributed by atoms with Crippen molar-refractivity contribution >= 4 is 17.7 Å². The molecular formula is C16H20F2N2O3S. The average molecular weight is 358 g/mol. The van der Waals surface area contributed by atoms with E-state index in [0.717, 1.165) is 0 Å². The maximum atomic E-state index is 12.7. The number of alkyl halides is 2. The molecular weight excluding hydrogens is 338 g/mol. The van der Waals surface area contributed by atoms with Crippen molar-refractivity contribution in [2.24, 2.45) is 0 Å². The van der Waals surface area contributed by atoms with Gasteiger partial charge in [0.1, 0.15) is 17.5 Å². The van der Waals surface area contributed by atoms with Gasteiger partial charge in [-0.1, -0.05) is 11.8 Å². The van der Waals surface area contributed by atoms with E-state index in [-0.39, 0.29) is 12.5 Å². The Bertz CT molecular complexity index is 642. The molecule has 2 atom stereocenters. The standard InChI is InChI=1S/C16H20F2N2O3S/c1-16(2)14(22)13(20-6-5-19-12(21)8-20)10-7-9(24-15(17)18)3-4-11(10)23-16/h3-4,7,13-15,22H,5-6,8H2,1-2H3,(H,19,21)/t13-,14+/m0/s1. The van der Waals surface area contributed by atoms with Crippen LogP contribution in [0.25, 0.3) is 0 Å². The summed E-state index contributed by atoms with van der Waals surface area (Å²) in [6, 6.07) is 4.39. The van der Waals surface area contributed by atoms with E-state index in [1.807, 2.05) is 4.90 Å². The summed E-state index contributed by atoms with van der Waals surface area (Å²) >= 11 is 0.453. The molecule has 8 heteroatoms. The lowest BCUT2D eigenvalue weighted by atomic mass is 9.85. The molecule has 2 aliphatic heterocycles. The number of nitrogens with one attached hydrogen (secondary N) is 1. The minimum atomic E-state index is -2.52. The fourth-order valence-electron chi connectivity index (χ4n) is 3.21. The first-order chi connectivity index (χ1) is 11.3. The summed E-state index contributed by atoms with van der Waals surface area (Å²) < 4.78 is 31.2. The molecule has 2 heterocycles. The lowest BCUT2D eigenvalue weighted by molar-refractivity contribution is -0.131. The van der Waals surface area contributed by atoms with Gasteiger partial charge in [0, 0.05) is 23.5 Å². The summed E-state index contributed by atoms with van der Waals surface area (Å²) in [5.41, 5.74) is -0.203. The number of hydrogen-bond donors (Lipinski definition) is 2. The van der Waals surface area contributed by atoms with Crippen molar-refractivity contribution < 1.29 is 23.4 Å². The highest BCUT2D eigenvalue weighted by atomic mass is 32.2. The van der Waals surface area contributed by atoms with Crippen LogP contribution in [0.2, 0.25) is 0 Å². The number of nitrogens with zero attached hydrogens (tertiary/aromatic N) is 1. The smallest absolute Gasteiger partial charge is 0.288 e. The van der Waals surface area contributed by atoms with Gasteiger partial charge in [0.25, 0.3) is 5.76 Å². The highest BCUT2D eigenvalue weighted by Gasteiger charge is 2.46. The number of rotatable bonds is 3. The molecule has 0 unspecified atom stereocenters. The Labute approximate surface area is 143 Å². The van der Waals surface area contributed by atoms with Crippen molar-refractivity contribution in [1.82, 2.24) is 10.2 Å². The zero-order valence-corrected chi connectivity index (χ0v) is 14.3. The van der Waals surface area contributed by atoms with Crippen LogP contribution >= 0.6 is 11.8 Å². The Morgan fingerprint density at radius 2 is 2.21 bits per heavy atom. The quantitative estimate of drug-likeness (QED) is 0.810. The average Bonchev–Trinajstić information content (AvgIpc) is 2.48. The van der Waals surface area contributed by atoms with E-state index < -0.39 is 23.5 Å². The molecule has 0 saturated carbocycles. The van der Waals surface area contributed by atoms with E-state index in [4.69, 9.17) is 4.74 Å². The second-order valence-electron chi connectivity index (χ2n) is 6.49. The van der Waals surface area contributed by atoms with Crippen molar-refractivity contribution in [1.29, 1.82) is 0 Å². The number of fused-ring (bicyclic) bond motifs is 1. The van der Waals surface area contributed by atoms with Gasteiger partial charge < -0.3 is 15.2 Å². The molecule has 0 bridgehead atoms. The number of thioether (sulfide) groups is 1. The molecule has 24 heavy (non-hydrogen) atoms. The number of amides is 1. The van der Waals surface area contributed by atoms with Crippen LogP contribution in [-0.2, 0) is 4.79 Å². The van der Waals surface area contributed by atoms with E-state index in [0.29, 0.717) is 41.1 Å². The van der Waals surface area contributed by atoms with Crippen molar-refractivity contribution in [2.75, 3.05) is 19.6 Å². The van der Waals surface area contributed by atoms with Gasteiger partial charge in [-0.3, -0.25) is 9.69 Å². The molecule has 0 spiro atoms. The number of halogens is 2. The molecule has 1 aromatic carbocycles. The fraction of sp³-hybridized carbons (Fsp3) is 0.562. The molecule has 1 fully saturated rings. The Hall–Kier alpha value is -1.38. The van der Waals surface area contributed by atoms with E-state index in [1.54, 1.807) is 32.0 Å². The number of benzene rings is 1. The van der Waals surface area contributed by atoms with Gasteiger partial charge in [0.15, 0.2) is 0 Å². The largest absolute Gasteiger partial charge is 0.485 e.